The fourth-order valence-corrected chi connectivity index (χ4v) is 6.09. The lowest BCUT2D eigenvalue weighted by atomic mass is 10.0. The SMILES string of the molecule is CC(=O)N[C@H]1CCCCNC(=O)C[C@@H](C(=O)N[C@@H](CCCNC(=N)N)C(=O)c2nc3ccccc3s2)NC(=O)[C@H](CC(C)C)NC1=O. The van der Waals surface area contributed by atoms with Crippen molar-refractivity contribution in [2.24, 2.45) is 11.7 Å². The average Bonchev–Trinajstić information content (AvgIpc) is 3.44. The van der Waals surface area contributed by atoms with Gasteiger partial charge in [0.05, 0.1) is 22.7 Å². The van der Waals surface area contributed by atoms with Crippen LogP contribution in [0.15, 0.2) is 24.3 Å². The summed E-state index contributed by atoms with van der Waals surface area (Å²) < 4.78 is 0.799. The summed E-state index contributed by atoms with van der Waals surface area (Å²) in [5.74, 6) is -3.54. The maximum absolute atomic E-state index is 13.8. The highest BCUT2D eigenvalue weighted by Gasteiger charge is 2.33. The molecule has 1 saturated heterocycles. The van der Waals surface area contributed by atoms with Crippen LogP contribution >= 0.6 is 11.3 Å². The molecule has 5 amide bonds. The number of para-hydroxylation sites is 1. The molecule has 0 radical (unpaired) electrons. The van der Waals surface area contributed by atoms with Gasteiger partial charge in [-0.3, -0.25) is 34.2 Å². The molecule has 16 heteroatoms. The van der Waals surface area contributed by atoms with E-state index < -0.39 is 65.9 Å². The summed E-state index contributed by atoms with van der Waals surface area (Å²) >= 11 is 1.19. The summed E-state index contributed by atoms with van der Waals surface area (Å²) in [5, 5.41) is 23.7. The highest BCUT2D eigenvalue weighted by Crippen LogP contribution is 2.23. The van der Waals surface area contributed by atoms with Gasteiger partial charge in [0.25, 0.3) is 0 Å². The maximum Gasteiger partial charge on any atom is 0.243 e. The van der Waals surface area contributed by atoms with Gasteiger partial charge in [-0.2, -0.15) is 0 Å². The lowest BCUT2D eigenvalue weighted by Crippen LogP contribution is -2.58. The third-order valence-corrected chi connectivity index (χ3v) is 8.47. The van der Waals surface area contributed by atoms with E-state index in [4.69, 9.17) is 11.1 Å². The number of guanidine groups is 1. The third kappa shape index (κ3) is 11.9. The Morgan fingerprint density at radius 2 is 1.85 bits per heavy atom. The van der Waals surface area contributed by atoms with E-state index in [2.05, 4.69) is 36.9 Å². The van der Waals surface area contributed by atoms with Crippen LogP contribution in [0.5, 0.6) is 0 Å². The molecule has 0 aliphatic carbocycles. The molecule has 15 nitrogen and oxygen atoms in total. The van der Waals surface area contributed by atoms with E-state index in [1.165, 1.54) is 18.3 Å². The Hall–Kier alpha value is -4.60. The van der Waals surface area contributed by atoms with E-state index >= 15 is 0 Å². The second-order valence-corrected chi connectivity index (χ2v) is 13.0. The number of amides is 5. The van der Waals surface area contributed by atoms with Gasteiger partial charge < -0.3 is 37.6 Å². The van der Waals surface area contributed by atoms with Gasteiger partial charge in [0.2, 0.25) is 35.3 Å². The van der Waals surface area contributed by atoms with Crippen LogP contribution in [0.4, 0.5) is 0 Å². The van der Waals surface area contributed by atoms with Gasteiger partial charge in [-0.05, 0) is 56.6 Å². The zero-order valence-corrected chi connectivity index (χ0v) is 27.8. The van der Waals surface area contributed by atoms with Gasteiger partial charge in [-0.1, -0.05) is 26.0 Å². The number of aromatic nitrogens is 1. The van der Waals surface area contributed by atoms with Crippen LogP contribution in [0.1, 0.15) is 75.5 Å². The highest BCUT2D eigenvalue weighted by molar-refractivity contribution is 7.20. The molecule has 0 unspecified atom stereocenters. The molecule has 3 rings (SSSR count). The molecule has 0 spiro atoms. The Balaban J connectivity index is 1.87. The molecule has 1 aliphatic heterocycles. The molecule has 2 aromatic rings. The van der Waals surface area contributed by atoms with Crippen molar-refractivity contribution in [1.29, 1.82) is 5.41 Å². The summed E-state index contributed by atoms with van der Waals surface area (Å²) in [4.78, 5) is 83.4. The van der Waals surface area contributed by atoms with Gasteiger partial charge in [-0.25, -0.2) is 4.98 Å². The predicted octanol–water partition coefficient (Wildman–Crippen LogP) is 0.438. The molecule has 9 N–H and O–H groups in total. The van der Waals surface area contributed by atoms with E-state index in [1.807, 2.05) is 26.0 Å². The highest BCUT2D eigenvalue weighted by atomic mass is 32.1. The summed E-state index contributed by atoms with van der Waals surface area (Å²) in [6.07, 6.45) is 1.68. The van der Waals surface area contributed by atoms with E-state index in [0.29, 0.717) is 31.2 Å². The van der Waals surface area contributed by atoms with Crippen LogP contribution in [0.25, 0.3) is 10.2 Å². The summed E-state index contributed by atoms with van der Waals surface area (Å²) in [7, 11) is 0. The number of nitrogens with zero attached hydrogens (tertiary/aromatic N) is 1. The van der Waals surface area contributed by atoms with Crippen LogP contribution in [0.2, 0.25) is 0 Å². The smallest absolute Gasteiger partial charge is 0.243 e. The van der Waals surface area contributed by atoms with Gasteiger partial charge in [0, 0.05) is 20.0 Å². The Labute approximate surface area is 277 Å². The van der Waals surface area contributed by atoms with E-state index in [0.717, 1.165) is 4.70 Å². The molecule has 0 bridgehead atoms. The Kier molecular flexibility index (Phi) is 14.1. The summed E-state index contributed by atoms with van der Waals surface area (Å²) in [6, 6.07) is 2.88. The topological polar surface area (TPSA) is 237 Å². The number of fused-ring (bicyclic) bond motifs is 1. The molecule has 47 heavy (non-hydrogen) atoms. The molecule has 256 valence electrons. The number of carbonyl (C=O) groups excluding carboxylic acids is 6. The predicted molar refractivity (Wildman–Crippen MR) is 177 cm³/mol. The standard InChI is InChI=1S/C31H45N9O6S/c1-17(2)15-22-28(45)39-23(16-25(42)34-13-7-6-10-21(27(44)38-22)36-18(3)41)29(46)37-20(11-8-14-35-31(32)33)26(43)30-40-19-9-4-5-12-24(19)47-30/h4-5,9,12,17,20-23H,6-8,10-11,13-16H2,1-3H3,(H,34,42)(H,36,41)(H,37,46)(H,38,44)(H,39,45)(H4,32,33,35)/t20-,21-,22-,23-/m0/s1. The van der Waals surface area contributed by atoms with Crippen molar-refractivity contribution < 1.29 is 28.8 Å². The zero-order valence-electron chi connectivity index (χ0n) is 26.9. The second kappa shape index (κ2) is 17.9. The molecule has 4 atom stereocenters. The van der Waals surface area contributed by atoms with Crippen LogP contribution in [-0.2, 0) is 24.0 Å². The van der Waals surface area contributed by atoms with E-state index in [-0.39, 0.29) is 42.8 Å². The van der Waals surface area contributed by atoms with Crippen LogP contribution in [0.3, 0.4) is 0 Å². The van der Waals surface area contributed by atoms with Crippen molar-refractivity contribution in [3.05, 3.63) is 29.3 Å². The second-order valence-electron chi connectivity index (χ2n) is 11.9. The zero-order chi connectivity index (χ0) is 34.5. The summed E-state index contributed by atoms with van der Waals surface area (Å²) in [5.41, 5.74) is 6.02. The molecule has 1 aliphatic rings. The number of hydrogen-bond acceptors (Lipinski definition) is 9. The fraction of sp³-hybridized carbons (Fsp3) is 0.548. The van der Waals surface area contributed by atoms with Crippen molar-refractivity contribution in [2.45, 2.75) is 89.9 Å². The van der Waals surface area contributed by atoms with Gasteiger partial charge in [-0.15, -0.1) is 11.3 Å². The van der Waals surface area contributed by atoms with Gasteiger partial charge in [0.1, 0.15) is 18.1 Å². The number of nitrogens with one attached hydrogen (secondary N) is 7. The number of Topliss-reactive ketones (excluding diaryl/α,β-unsaturated/α-hetero) is 1. The number of thiazole rings is 1. The molecule has 2 heterocycles. The number of ketones is 1. The normalized spacial score (nSPS) is 20.3. The van der Waals surface area contributed by atoms with Gasteiger partial charge in [0.15, 0.2) is 11.0 Å². The largest absolute Gasteiger partial charge is 0.370 e. The first kappa shape index (κ1) is 36.9. The lowest BCUT2D eigenvalue weighted by Gasteiger charge is -2.27. The number of carbonyl (C=O) groups is 6. The minimum atomic E-state index is -1.37. The van der Waals surface area contributed by atoms with E-state index in [9.17, 15) is 28.8 Å². The van der Waals surface area contributed by atoms with E-state index in [1.54, 1.807) is 12.1 Å². The molecule has 1 aromatic heterocycles. The quantitative estimate of drug-likeness (QED) is 0.0715. The molecule has 1 fully saturated rings. The van der Waals surface area contributed by atoms with Crippen LogP contribution in [-0.4, -0.2) is 83.5 Å². The first-order valence-electron chi connectivity index (χ1n) is 15.8. The van der Waals surface area contributed by atoms with Crippen LogP contribution in [0, 0.1) is 11.3 Å². The Bertz CT molecular complexity index is 1430. The summed E-state index contributed by atoms with van der Waals surface area (Å²) in [6.45, 7) is 5.57. The Morgan fingerprint density at radius 1 is 1.11 bits per heavy atom. The van der Waals surface area contributed by atoms with Crippen molar-refractivity contribution in [1.82, 2.24) is 36.9 Å². The number of nitrogens with two attached hydrogens (primary N) is 1. The minimum Gasteiger partial charge on any atom is -0.370 e. The first-order chi connectivity index (χ1) is 22.3. The van der Waals surface area contributed by atoms with Crippen molar-refractivity contribution >= 4 is 62.8 Å². The van der Waals surface area contributed by atoms with Crippen LogP contribution < -0.4 is 37.6 Å². The first-order valence-corrected chi connectivity index (χ1v) is 16.6. The fourth-order valence-electron chi connectivity index (χ4n) is 5.13. The van der Waals surface area contributed by atoms with Crippen molar-refractivity contribution in [2.75, 3.05) is 13.1 Å². The molecular weight excluding hydrogens is 626 g/mol. The average molecular weight is 672 g/mol. The molecule has 0 saturated carbocycles. The van der Waals surface area contributed by atoms with Gasteiger partial charge >= 0.3 is 0 Å². The lowest BCUT2D eigenvalue weighted by molar-refractivity contribution is -0.135. The maximum atomic E-state index is 13.8. The number of hydrogen-bond donors (Lipinski definition) is 8. The monoisotopic (exact) mass is 671 g/mol. The molecule has 1 aromatic carbocycles. The minimum absolute atomic E-state index is 0.0286. The molecular formula is C31H45N9O6S. The van der Waals surface area contributed by atoms with Crippen molar-refractivity contribution in [3.8, 4) is 0 Å². The number of benzene rings is 1. The van der Waals surface area contributed by atoms with Crippen molar-refractivity contribution in [3.63, 3.8) is 0 Å². The third-order valence-electron chi connectivity index (χ3n) is 7.42. The number of rotatable bonds is 11. The Morgan fingerprint density at radius 3 is 2.53 bits per heavy atom.